The number of aromatic nitrogens is 3. The van der Waals surface area contributed by atoms with Crippen molar-refractivity contribution in [1.82, 2.24) is 19.8 Å². The van der Waals surface area contributed by atoms with Gasteiger partial charge in [-0.05, 0) is 57.6 Å². The highest BCUT2D eigenvalue weighted by Gasteiger charge is 2.29. The fourth-order valence-electron chi connectivity index (χ4n) is 3.86. The summed E-state index contributed by atoms with van der Waals surface area (Å²) in [6.45, 7) is 4.11. The van der Waals surface area contributed by atoms with Crippen LogP contribution in [0.2, 0.25) is 0 Å². The van der Waals surface area contributed by atoms with Crippen molar-refractivity contribution < 1.29 is 12.9 Å². The fraction of sp³-hybridized carbons (Fsp3) is 0.450. The minimum Gasteiger partial charge on any atom is -0.361 e. The molecule has 3 heterocycles. The molecule has 2 N–H and O–H groups in total. The van der Waals surface area contributed by atoms with Crippen molar-refractivity contribution >= 4 is 26.5 Å². The first kappa shape index (κ1) is 21.0. The summed E-state index contributed by atoms with van der Waals surface area (Å²) in [5.74, 6) is 0.825. The van der Waals surface area contributed by atoms with Crippen molar-refractivity contribution in [3.05, 3.63) is 41.4 Å². The van der Waals surface area contributed by atoms with Crippen LogP contribution in [-0.2, 0) is 10.0 Å². The van der Waals surface area contributed by atoms with Gasteiger partial charge in [0.1, 0.15) is 10.6 Å². The zero-order valence-corrected chi connectivity index (χ0v) is 18.6. The minimum absolute atomic E-state index is 0.0573. The van der Waals surface area contributed by atoms with Crippen molar-refractivity contribution in [3.8, 4) is 11.3 Å². The van der Waals surface area contributed by atoms with Crippen LogP contribution in [0.5, 0.6) is 0 Å². The Morgan fingerprint density at radius 3 is 2.57 bits per heavy atom. The molecular formula is C20H25N5O3S2. The van der Waals surface area contributed by atoms with E-state index in [4.69, 9.17) is 4.52 Å². The summed E-state index contributed by atoms with van der Waals surface area (Å²) >= 11 is 1.59. The van der Waals surface area contributed by atoms with Gasteiger partial charge < -0.3 is 9.84 Å². The van der Waals surface area contributed by atoms with Gasteiger partial charge in [0, 0.05) is 35.9 Å². The Hall–Kier alpha value is -2.30. The average Bonchev–Trinajstić information content (AvgIpc) is 3.34. The predicted octanol–water partition coefficient (Wildman–Crippen LogP) is 3.76. The number of anilines is 1. The summed E-state index contributed by atoms with van der Waals surface area (Å²) in [5.41, 5.74) is 2.40. The molecule has 3 aromatic heterocycles. The Bertz CT molecular complexity index is 1070. The highest BCUT2D eigenvalue weighted by Crippen LogP contribution is 2.29. The number of hydrogen-bond acceptors (Lipinski definition) is 8. The molecule has 30 heavy (non-hydrogen) atoms. The molecule has 1 aliphatic rings. The zero-order valence-electron chi connectivity index (χ0n) is 17.0. The van der Waals surface area contributed by atoms with Gasteiger partial charge in [-0.3, -0.25) is 4.98 Å². The maximum Gasteiger partial charge on any atom is 0.246 e. The Morgan fingerprint density at radius 2 is 1.90 bits per heavy atom. The van der Waals surface area contributed by atoms with E-state index in [1.54, 1.807) is 37.6 Å². The van der Waals surface area contributed by atoms with E-state index in [2.05, 4.69) is 25.2 Å². The molecular weight excluding hydrogens is 422 g/mol. The van der Waals surface area contributed by atoms with Gasteiger partial charge in [-0.15, -0.1) is 11.3 Å². The molecule has 1 aliphatic carbocycles. The molecule has 0 spiro atoms. The lowest BCUT2D eigenvalue weighted by Gasteiger charge is -2.29. The average molecular weight is 448 g/mol. The smallest absolute Gasteiger partial charge is 0.246 e. The first-order valence-corrected chi connectivity index (χ1v) is 12.3. The summed E-state index contributed by atoms with van der Waals surface area (Å²) < 4.78 is 33.2. The van der Waals surface area contributed by atoms with Crippen molar-refractivity contribution in [1.29, 1.82) is 0 Å². The van der Waals surface area contributed by atoms with Crippen LogP contribution in [0.25, 0.3) is 11.3 Å². The summed E-state index contributed by atoms with van der Waals surface area (Å²) in [5, 5.41) is 10.1. The Kier molecular flexibility index (Phi) is 6.16. The molecule has 8 nitrogen and oxygen atoms in total. The van der Waals surface area contributed by atoms with Gasteiger partial charge in [0.05, 0.1) is 5.69 Å². The summed E-state index contributed by atoms with van der Waals surface area (Å²) in [7, 11) is -3.61. The van der Waals surface area contributed by atoms with Crippen LogP contribution >= 0.6 is 11.3 Å². The number of sulfonamides is 1. The largest absolute Gasteiger partial charge is 0.361 e. The molecule has 10 heteroatoms. The number of aryl methyl sites for hydroxylation is 2. The van der Waals surface area contributed by atoms with Crippen LogP contribution in [0.3, 0.4) is 0 Å². The Morgan fingerprint density at radius 1 is 1.17 bits per heavy atom. The normalized spacial score (nSPS) is 19.7. The van der Waals surface area contributed by atoms with Crippen molar-refractivity contribution in [3.63, 3.8) is 0 Å². The van der Waals surface area contributed by atoms with Gasteiger partial charge >= 0.3 is 0 Å². The first-order valence-electron chi connectivity index (χ1n) is 9.97. The van der Waals surface area contributed by atoms with E-state index < -0.39 is 10.0 Å². The lowest BCUT2D eigenvalue weighted by Crippen LogP contribution is -2.38. The minimum atomic E-state index is -3.61. The fourth-order valence-corrected chi connectivity index (χ4v) is 6.23. The molecule has 1 fully saturated rings. The number of thiazole rings is 1. The van der Waals surface area contributed by atoms with Crippen LogP contribution < -0.4 is 10.0 Å². The molecule has 0 unspecified atom stereocenters. The number of nitrogens with zero attached hydrogens (tertiary/aromatic N) is 3. The van der Waals surface area contributed by atoms with Crippen LogP contribution in [0, 0.1) is 19.8 Å². The van der Waals surface area contributed by atoms with E-state index in [1.165, 1.54) is 0 Å². The zero-order chi connectivity index (χ0) is 21.1. The van der Waals surface area contributed by atoms with E-state index >= 15 is 0 Å². The maximum atomic E-state index is 12.7. The third-order valence-corrected chi connectivity index (χ3v) is 7.99. The Labute approximate surface area is 180 Å². The second kappa shape index (κ2) is 8.83. The standard InChI is InChI=1S/C20H25N5O3S2/c1-13-19(14(2)28-24-13)30(26,27)25-17-5-3-15(4-6-17)11-22-20-23-18(12-29-20)16-7-9-21-10-8-16/h7-10,12,15,17,25H,3-6,11H2,1-2H3,(H,22,23). The molecule has 0 bridgehead atoms. The number of rotatable bonds is 7. The molecule has 4 rings (SSSR count). The van der Waals surface area contributed by atoms with Gasteiger partial charge in [0.15, 0.2) is 10.9 Å². The molecule has 3 aromatic rings. The third kappa shape index (κ3) is 4.71. The van der Waals surface area contributed by atoms with Crippen LogP contribution in [0.4, 0.5) is 5.13 Å². The molecule has 0 radical (unpaired) electrons. The highest BCUT2D eigenvalue weighted by molar-refractivity contribution is 7.89. The molecule has 0 saturated heterocycles. The Balaban J connectivity index is 1.27. The van der Waals surface area contributed by atoms with E-state index in [9.17, 15) is 8.42 Å². The second-order valence-electron chi connectivity index (χ2n) is 7.65. The van der Waals surface area contributed by atoms with Crippen LogP contribution in [-0.4, -0.2) is 36.1 Å². The van der Waals surface area contributed by atoms with Gasteiger partial charge in [-0.25, -0.2) is 18.1 Å². The molecule has 0 atom stereocenters. The monoisotopic (exact) mass is 447 g/mol. The number of nitrogens with one attached hydrogen (secondary N) is 2. The lowest BCUT2D eigenvalue weighted by atomic mass is 9.86. The quantitative estimate of drug-likeness (QED) is 0.567. The SMILES string of the molecule is Cc1noc(C)c1S(=O)(=O)NC1CCC(CNc2nc(-c3ccncc3)cs2)CC1. The summed E-state index contributed by atoms with van der Waals surface area (Å²) in [4.78, 5) is 8.85. The highest BCUT2D eigenvalue weighted by atomic mass is 32.2. The van der Waals surface area contributed by atoms with Gasteiger partial charge in [0.25, 0.3) is 0 Å². The molecule has 0 amide bonds. The topological polar surface area (TPSA) is 110 Å². The molecule has 160 valence electrons. The van der Waals surface area contributed by atoms with Crippen LogP contribution in [0.1, 0.15) is 37.1 Å². The summed E-state index contributed by atoms with van der Waals surface area (Å²) in [6.07, 6.45) is 7.08. The maximum absolute atomic E-state index is 12.7. The molecule has 0 aliphatic heterocycles. The van der Waals surface area contributed by atoms with Gasteiger partial charge in [0.2, 0.25) is 10.0 Å². The molecule has 1 saturated carbocycles. The first-order chi connectivity index (χ1) is 14.4. The van der Waals surface area contributed by atoms with E-state index in [0.717, 1.165) is 48.6 Å². The van der Waals surface area contributed by atoms with Crippen molar-refractivity contribution in [2.45, 2.75) is 50.5 Å². The second-order valence-corrected chi connectivity index (χ2v) is 10.2. The number of pyridine rings is 1. The van der Waals surface area contributed by atoms with E-state index in [-0.39, 0.29) is 10.9 Å². The van der Waals surface area contributed by atoms with Crippen LogP contribution in [0.15, 0.2) is 39.3 Å². The van der Waals surface area contributed by atoms with Gasteiger partial charge in [-0.1, -0.05) is 5.16 Å². The van der Waals surface area contributed by atoms with Crippen molar-refractivity contribution in [2.75, 3.05) is 11.9 Å². The predicted molar refractivity (Wildman–Crippen MR) is 116 cm³/mol. The third-order valence-electron chi connectivity index (χ3n) is 5.43. The lowest BCUT2D eigenvalue weighted by molar-refractivity contribution is 0.324. The molecule has 0 aromatic carbocycles. The summed E-state index contributed by atoms with van der Waals surface area (Å²) in [6, 6.07) is 3.84. The van der Waals surface area contributed by atoms with Gasteiger partial charge in [-0.2, -0.15) is 0 Å². The van der Waals surface area contributed by atoms with E-state index in [1.807, 2.05) is 17.5 Å². The van der Waals surface area contributed by atoms with E-state index in [0.29, 0.717) is 17.4 Å². The number of hydrogen-bond donors (Lipinski definition) is 2. The van der Waals surface area contributed by atoms with Crippen molar-refractivity contribution in [2.24, 2.45) is 5.92 Å².